The van der Waals surface area contributed by atoms with Crippen LogP contribution in [-0.4, -0.2) is 27.0 Å². The molecule has 0 radical (unpaired) electrons. The van der Waals surface area contributed by atoms with Gasteiger partial charge in [-0.05, 0) is 26.0 Å². The number of nitrogens with two attached hydrogens (primary N) is 1. The van der Waals surface area contributed by atoms with E-state index in [1.807, 2.05) is 0 Å². The molecule has 18 heavy (non-hydrogen) atoms. The molecule has 0 saturated heterocycles. The van der Waals surface area contributed by atoms with E-state index in [0.717, 1.165) is 0 Å². The maximum atomic E-state index is 12.1. The van der Waals surface area contributed by atoms with Gasteiger partial charge in [0, 0.05) is 0 Å². The largest absolute Gasteiger partial charge is 0.495 e. The van der Waals surface area contributed by atoms with Gasteiger partial charge in [0.1, 0.15) is 16.2 Å². The van der Waals surface area contributed by atoms with Crippen LogP contribution < -0.4 is 15.2 Å². The Morgan fingerprint density at radius 3 is 2.39 bits per heavy atom. The van der Waals surface area contributed by atoms with Gasteiger partial charge < -0.3 is 10.5 Å². The Kier molecular flexibility index (Phi) is 3.98. The van der Waals surface area contributed by atoms with Gasteiger partial charge in [0.25, 0.3) is 0 Å². The highest BCUT2D eigenvalue weighted by molar-refractivity contribution is 7.89. The van der Waals surface area contributed by atoms with Crippen LogP contribution in [0, 0.1) is 0 Å². The first-order chi connectivity index (χ1) is 8.20. The molecule has 100 valence electrons. The summed E-state index contributed by atoms with van der Waals surface area (Å²) in [4.78, 5) is 11.1. The van der Waals surface area contributed by atoms with E-state index >= 15 is 0 Å². The van der Waals surface area contributed by atoms with Crippen molar-refractivity contribution in [2.24, 2.45) is 5.73 Å². The summed E-state index contributed by atoms with van der Waals surface area (Å²) in [7, 11) is -2.51. The topological polar surface area (TPSA) is 98.5 Å². The van der Waals surface area contributed by atoms with Crippen molar-refractivity contribution in [1.29, 1.82) is 0 Å². The minimum Gasteiger partial charge on any atom is -0.495 e. The predicted octanol–water partition coefficient (Wildman–Crippen LogP) is 0.237. The van der Waals surface area contributed by atoms with E-state index in [9.17, 15) is 13.2 Å². The van der Waals surface area contributed by atoms with E-state index in [1.165, 1.54) is 33.1 Å². The highest BCUT2D eigenvalue weighted by Crippen LogP contribution is 2.23. The third-order valence-electron chi connectivity index (χ3n) is 2.36. The molecule has 1 amide bonds. The molecule has 0 aliphatic heterocycles. The second-order valence-electron chi connectivity index (χ2n) is 4.25. The lowest BCUT2D eigenvalue weighted by Crippen LogP contribution is -2.52. The van der Waals surface area contributed by atoms with Crippen molar-refractivity contribution >= 4 is 15.9 Å². The maximum Gasteiger partial charge on any atom is 0.245 e. The fraction of sp³-hybridized carbons (Fsp3) is 0.364. The van der Waals surface area contributed by atoms with Crippen LogP contribution in [0.15, 0.2) is 29.2 Å². The Hall–Kier alpha value is -1.60. The minimum atomic E-state index is -3.88. The first-order valence-corrected chi connectivity index (χ1v) is 6.66. The van der Waals surface area contributed by atoms with Crippen LogP contribution in [0.4, 0.5) is 0 Å². The fourth-order valence-corrected chi connectivity index (χ4v) is 2.84. The smallest absolute Gasteiger partial charge is 0.245 e. The number of amides is 1. The summed E-state index contributed by atoms with van der Waals surface area (Å²) in [6.45, 7) is 2.78. The Balaban J connectivity index is 3.19. The summed E-state index contributed by atoms with van der Waals surface area (Å²) in [5.41, 5.74) is 3.75. The van der Waals surface area contributed by atoms with Crippen LogP contribution in [0.25, 0.3) is 0 Å². The van der Waals surface area contributed by atoms with Crippen molar-refractivity contribution in [3.63, 3.8) is 0 Å². The molecule has 0 aromatic heterocycles. The van der Waals surface area contributed by atoms with Gasteiger partial charge in [0.2, 0.25) is 15.9 Å². The molecule has 0 saturated carbocycles. The molecule has 6 nitrogen and oxygen atoms in total. The Labute approximate surface area is 106 Å². The number of ether oxygens (including phenoxy) is 1. The Morgan fingerprint density at radius 1 is 1.33 bits per heavy atom. The molecule has 1 aromatic rings. The lowest BCUT2D eigenvalue weighted by molar-refractivity contribution is -0.122. The predicted molar refractivity (Wildman–Crippen MR) is 66.6 cm³/mol. The number of nitrogens with one attached hydrogen (secondary N) is 1. The Bertz CT molecular complexity index is 552. The average Bonchev–Trinajstić information content (AvgIpc) is 2.27. The molecule has 0 aliphatic carbocycles. The van der Waals surface area contributed by atoms with Gasteiger partial charge in [0.15, 0.2) is 0 Å². The lowest BCUT2D eigenvalue weighted by atomic mass is 10.1. The summed E-state index contributed by atoms with van der Waals surface area (Å²) >= 11 is 0. The second kappa shape index (κ2) is 4.95. The highest BCUT2D eigenvalue weighted by Gasteiger charge is 2.32. The lowest BCUT2D eigenvalue weighted by Gasteiger charge is -2.22. The minimum absolute atomic E-state index is 0.0400. The van der Waals surface area contributed by atoms with E-state index in [-0.39, 0.29) is 10.6 Å². The van der Waals surface area contributed by atoms with Crippen molar-refractivity contribution in [2.75, 3.05) is 7.11 Å². The number of sulfonamides is 1. The van der Waals surface area contributed by atoms with Gasteiger partial charge in [-0.2, -0.15) is 4.72 Å². The quantitative estimate of drug-likeness (QED) is 0.802. The van der Waals surface area contributed by atoms with Crippen molar-refractivity contribution in [3.05, 3.63) is 24.3 Å². The summed E-state index contributed by atoms with van der Waals surface area (Å²) < 4.78 is 31.5. The third kappa shape index (κ3) is 2.99. The maximum absolute atomic E-state index is 12.1. The molecule has 7 heteroatoms. The zero-order valence-corrected chi connectivity index (χ0v) is 11.2. The molecule has 3 N–H and O–H groups in total. The van der Waals surface area contributed by atoms with E-state index in [2.05, 4.69) is 4.72 Å². The first-order valence-electron chi connectivity index (χ1n) is 5.17. The molecule has 0 fully saturated rings. The molecule has 0 aliphatic rings. The molecule has 0 unspecified atom stereocenters. The monoisotopic (exact) mass is 272 g/mol. The Morgan fingerprint density at radius 2 is 1.89 bits per heavy atom. The number of carbonyl (C=O) groups excluding carboxylic acids is 1. The molecule has 1 rings (SSSR count). The summed E-state index contributed by atoms with van der Waals surface area (Å²) in [6, 6.07) is 6.12. The number of rotatable bonds is 5. The normalized spacial score (nSPS) is 12.2. The highest BCUT2D eigenvalue weighted by atomic mass is 32.2. The number of benzene rings is 1. The van der Waals surface area contributed by atoms with Gasteiger partial charge in [-0.15, -0.1) is 0 Å². The zero-order valence-electron chi connectivity index (χ0n) is 10.4. The van der Waals surface area contributed by atoms with E-state index in [4.69, 9.17) is 10.5 Å². The molecular weight excluding hydrogens is 256 g/mol. The number of hydrogen-bond donors (Lipinski definition) is 2. The van der Waals surface area contributed by atoms with Crippen molar-refractivity contribution in [1.82, 2.24) is 4.72 Å². The first kappa shape index (κ1) is 14.5. The summed E-state index contributed by atoms with van der Waals surface area (Å²) in [5.74, 6) is -0.564. The molecule has 1 aromatic carbocycles. The van der Waals surface area contributed by atoms with Crippen LogP contribution in [0.1, 0.15) is 13.8 Å². The van der Waals surface area contributed by atoms with Gasteiger partial charge in [0.05, 0.1) is 7.11 Å². The van der Waals surface area contributed by atoms with Crippen molar-refractivity contribution in [2.45, 2.75) is 24.3 Å². The standard InChI is InChI=1S/C11H16N2O4S/c1-11(2,10(12)14)13-18(15,16)9-7-5-4-6-8(9)17-3/h4-7,13H,1-3H3,(H2,12,14). The van der Waals surface area contributed by atoms with Crippen LogP contribution >= 0.6 is 0 Å². The SMILES string of the molecule is COc1ccccc1S(=O)(=O)NC(C)(C)C(N)=O. The molecule has 0 bridgehead atoms. The zero-order chi connectivity index (χ0) is 14.0. The van der Waals surface area contributed by atoms with Gasteiger partial charge >= 0.3 is 0 Å². The van der Waals surface area contributed by atoms with Crippen LogP contribution in [-0.2, 0) is 14.8 Å². The third-order valence-corrected chi connectivity index (χ3v) is 4.06. The molecular formula is C11H16N2O4S. The van der Waals surface area contributed by atoms with Crippen molar-refractivity contribution < 1.29 is 17.9 Å². The van der Waals surface area contributed by atoms with Crippen molar-refractivity contribution in [3.8, 4) is 5.75 Å². The second-order valence-corrected chi connectivity index (χ2v) is 5.90. The number of methoxy groups -OCH3 is 1. The number of hydrogen-bond acceptors (Lipinski definition) is 4. The van der Waals surface area contributed by atoms with E-state index in [1.54, 1.807) is 12.1 Å². The van der Waals surface area contributed by atoms with E-state index in [0.29, 0.717) is 0 Å². The van der Waals surface area contributed by atoms with Gasteiger partial charge in [-0.25, -0.2) is 8.42 Å². The summed E-state index contributed by atoms with van der Waals surface area (Å²) in [5, 5.41) is 0. The molecule has 0 heterocycles. The average molecular weight is 272 g/mol. The van der Waals surface area contributed by atoms with Crippen LogP contribution in [0.3, 0.4) is 0 Å². The van der Waals surface area contributed by atoms with Crippen LogP contribution in [0.2, 0.25) is 0 Å². The van der Waals surface area contributed by atoms with Crippen LogP contribution in [0.5, 0.6) is 5.75 Å². The molecule has 0 spiro atoms. The van der Waals surface area contributed by atoms with E-state index < -0.39 is 21.5 Å². The number of para-hydroxylation sites is 1. The summed E-state index contributed by atoms with van der Waals surface area (Å²) in [6.07, 6.45) is 0. The number of carbonyl (C=O) groups is 1. The van der Waals surface area contributed by atoms with Gasteiger partial charge in [-0.1, -0.05) is 12.1 Å². The van der Waals surface area contributed by atoms with Gasteiger partial charge in [-0.3, -0.25) is 4.79 Å². The number of primary amides is 1. The fourth-order valence-electron chi connectivity index (χ4n) is 1.28. The molecule has 0 atom stereocenters.